The maximum absolute atomic E-state index is 8.92. The molecule has 0 aliphatic heterocycles. The van der Waals surface area contributed by atoms with E-state index in [-0.39, 0.29) is 32.2 Å². The zero-order valence-electron chi connectivity index (χ0n) is 7.78. The lowest BCUT2D eigenvalue weighted by atomic mass is 9.85. The second-order valence-corrected chi connectivity index (χ2v) is 3.22. The highest BCUT2D eigenvalue weighted by Crippen LogP contribution is 2.22. The molecule has 0 fully saturated rings. The van der Waals surface area contributed by atoms with E-state index in [0.29, 0.717) is 13.0 Å². The molecule has 0 aliphatic rings. The fourth-order valence-corrected chi connectivity index (χ4v) is 1.03. The number of rotatable bonds is 7. The molecule has 0 rings (SSSR count). The van der Waals surface area contributed by atoms with E-state index in [9.17, 15) is 0 Å². The number of aliphatic hydroxyl groups is 3. The summed E-state index contributed by atoms with van der Waals surface area (Å²) in [6.07, 6.45) is 2.31. The van der Waals surface area contributed by atoms with E-state index in [2.05, 4.69) is 0 Å². The minimum Gasteiger partial charge on any atom is -0.396 e. The quantitative estimate of drug-likeness (QED) is 0.430. The van der Waals surface area contributed by atoms with Crippen LogP contribution in [0.4, 0.5) is 0 Å². The van der Waals surface area contributed by atoms with Gasteiger partial charge >= 0.3 is 0 Å². The van der Waals surface area contributed by atoms with Gasteiger partial charge in [-0.25, -0.2) is 0 Å². The molecule has 82 valence electrons. The van der Waals surface area contributed by atoms with Crippen LogP contribution in [-0.2, 0) is 0 Å². The van der Waals surface area contributed by atoms with Crippen molar-refractivity contribution in [3.05, 3.63) is 0 Å². The van der Waals surface area contributed by atoms with E-state index in [4.69, 9.17) is 21.1 Å². The lowest BCUT2D eigenvalue weighted by Crippen LogP contribution is -2.33. The Morgan fingerprint density at radius 1 is 0.923 bits per heavy atom. The van der Waals surface area contributed by atoms with Gasteiger partial charge in [0.15, 0.2) is 0 Å². The first-order valence-electron chi connectivity index (χ1n) is 4.27. The third-order valence-corrected chi connectivity index (χ3v) is 2.17. The Bertz CT molecular complexity index is 101. The standard InChI is InChI=1S/C8H19NO3.ClH/c9-4-2-1-3-8(5-10,6-11)7-12;/h10-12H,1-7,9H2;1H. The van der Waals surface area contributed by atoms with Crippen molar-refractivity contribution in [3.8, 4) is 0 Å². The highest BCUT2D eigenvalue weighted by Gasteiger charge is 2.26. The third-order valence-electron chi connectivity index (χ3n) is 2.17. The van der Waals surface area contributed by atoms with Crippen LogP contribution in [-0.4, -0.2) is 41.7 Å². The number of hydrogen-bond donors (Lipinski definition) is 4. The smallest absolute Gasteiger partial charge is 0.0531 e. The van der Waals surface area contributed by atoms with Crippen molar-refractivity contribution in [3.63, 3.8) is 0 Å². The molecule has 0 atom stereocenters. The molecule has 0 spiro atoms. The zero-order chi connectivity index (χ0) is 9.45. The zero-order valence-corrected chi connectivity index (χ0v) is 8.59. The second-order valence-electron chi connectivity index (χ2n) is 3.22. The highest BCUT2D eigenvalue weighted by atomic mass is 35.5. The number of nitrogens with two attached hydrogens (primary N) is 1. The first-order chi connectivity index (χ1) is 5.74. The van der Waals surface area contributed by atoms with Crippen molar-refractivity contribution in [2.24, 2.45) is 11.1 Å². The van der Waals surface area contributed by atoms with Gasteiger partial charge in [0.25, 0.3) is 0 Å². The summed E-state index contributed by atoms with van der Waals surface area (Å²) in [5, 5.41) is 26.8. The lowest BCUT2D eigenvalue weighted by molar-refractivity contribution is -0.00208. The Labute approximate surface area is 85.2 Å². The van der Waals surface area contributed by atoms with Crippen molar-refractivity contribution in [2.45, 2.75) is 19.3 Å². The van der Waals surface area contributed by atoms with E-state index in [1.807, 2.05) is 0 Å². The van der Waals surface area contributed by atoms with Gasteiger partial charge in [-0.2, -0.15) is 0 Å². The minimum atomic E-state index is -0.713. The van der Waals surface area contributed by atoms with E-state index in [1.54, 1.807) is 0 Å². The molecule has 0 unspecified atom stereocenters. The van der Waals surface area contributed by atoms with Gasteiger partial charge in [-0.3, -0.25) is 0 Å². The van der Waals surface area contributed by atoms with E-state index >= 15 is 0 Å². The Morgan fingerprint density at radius 2 is 1.38 bits per heavy atom. The van der Waals surface area contributed by atoms with Crippen molar-refractivity contribution < 1.29 is 15.3 Å². The van der Waals surface area contributed by atoms with Crippen LogP contribution in [0.1, 0.15) is 19.3 Å². The molecule has 0 heterocycles. The lowest BCUT2D eigenvalue weighted by Gasteiger charge is -2.26. The molecule has 5 N–H and O–H groups in total. The molecule has 13 heavy (non-hydrogen) atoms. The summed E-state index contributed by atoms with van der Waals surface area (Å²) in [6.45, 7) is 0.0814. The van der Waals surface area contributed by atoms with E-state index in [0.717, 1.165) is 12.8 Å². The second kappa shape index (κ2) is 8.72. The van der Waals surface area contributed by atoms with Crippen molar-refractivity contribution in [1.29, 1.82) is 0 Å². The average Bonchev–Trinajstić information content (AvgIpc) is 2.14. The molecule has 4 nitrogen and oxygen atoms in total. The molecular weight excluding hydrogens is 194 g/mol. The molecule has 5 heteroatoms. The van der Waals surface area contributed by atoms with Crippen molar-refractivity contribution in [1.82, 2.24) is 0 Å². The summed E-state index contributed by atoms with van der Waals surface area (Å²) in [7, 11) is 0. The maximum Gasteiger partial charge on any atom is 0.0531 e. The molecule has 0 bridgehead atoms. The predicted molar refractivity (Wildman–Crippen MR) is 53.8 cm³/mol. The van der Waals surface area contributed by atoms with Gasteiger partial charge in [0.05, 0.1) is 19.8 Å². The number of halogens is 1. The van der Waals surface area contributed by atoms with Crippen molar-refractivity contribution >= 4 is 12.4 Å². The molecule has 0 aromatic heterocycles. The molecule has 0 aromatic rings. The maximum atomic E-state index is 8.92. The minimum absolute atomic E-state index is 0. The summed E-state index contributed by atoms with van der Waals surface area (Å²) in [5.41, 5.74) is 4.58. The Kier molecular flexibility index (Phi) is 10.5. The molecule has 0 amide bonds. The van der Waals surface area contributed by atoms with Gasteiger partial charge in [0.2, 0.25) is 0 Å². The van der Waals surface area contributed by atoms with E-state index < -0.39 is 5.41 Å². The fraction of sp³-hybridized carbons (Fsp3) is 1.00. The predicted octanol–water partition coefficient (Wildman–Crippen LogP) is -0.500. The van der Waals surface area contributed by atoms with Gasteiger partial charge < -0.3 is 21.1 Å². The molecule has 0 saturated carbocycles. The van der Waals surface area contributed by atoms with Gasteiger partial charge in [0.1, 0.15) is 0 Å². The first-order valence-corrected chi connectivity index (χ1v) is 4.27. The number of unbranched alkanes of at least 4 members (excludes halogenated alkanes) is 1. The summed E-state index contributed by atoms with van der Waals surface area (Å²) >= 11 is 0. The Balaban J connectivity index is 0. The first kappa shape index (κ1) is 15.6. The van der Waals surface area contributed by atoms with Crippen LogP contribution < -0.4 is 5.73 Å². The van der Waals surface area contributed by atoms with Crippen LogP contribution in [0.25, 0.3) is 0 Å². The van der Waals surface area contributed by atoms with Gasteiger partial charge in [-0.1, -0.05) is 6.42 Å². The summed E-state index contributed by atoms with van der Waals surface area (Å²) in [4.78, 5) is 0. The summed E-state index contributed by atoms with van der Waals surface area (Å²) in [5.74, 6) is 0. The number of aliphatic hydroxyl groups excluding tert-OH is 3. The number of hydrogen-bond acceptors (Lipinski definition) is 4. The molecule has 0 saturated heterocycles. The molecule has 0 aliphatic carbocycles. The fourth-order valence-electron chi connectivity index (χ4n) is 1.03. The van der Waals surface area contributed by atoms with Gasteiger partial charge in [0, 0.05) is 5.41 Å². The van der Waals surface area contributed by atoms with Crippen LogP contribution in [0.5, 0.6) is 0 Å². The van der Waals surface area contributed by atoms with E-state index in [1.165, 1.54) is 0 Å². The summed E-state index contributed by atoms with van der Waals surface area (Å²) in [6, 6.07) is 0. The average molecular weight is 214 g/mol. The Morgan fingerprint density at radius 3 is 1.69 bits per heavy atom. The van der Waals surface area contributed by atoms with Crippen LogP contribution in [0.2, 0.25) is 0 Å². The largest absolute Gasteiger partial charge is 0.396 e. The third kappa shape index (κ3) is 5.44. The normalized spacial score (nSPS) is 11.1. The van der Waals surface area contributed by atoms with Gasteiger partial charge in [-0.05, 0) is 19.4 Å². The van der Waals surface area contributed by atoms with Crippen LogP contribution in [0, 0.1) is 5.41 Å². The molecule has 0 radical (unpaired) electrons. The van der Waals surface area contributed by atoms with Crippen LogP contribution >= 0.6 is 12.4 Å². The Hall–Kier alpha value is 0.130. The monoisotopic (exact) mass is 213 g/mol. The SMILES string of the molecule is Cl.NCCCCC(CO)(CO)CO. The molecule has 0 aromatic carbocycles. The highest BCUT2D eigenvalue weighted by molar-refractivity contribution is 5.85. The van der Waals surface area contributed by atoms with Crippen LogP contribution in [0.15, 0.2) is 0 Å². The van der Waals surface area contributed by atoms with Crippen LogP contribution in [0.3, 0.4) is 0 Å². The topological polar surface area (TPSA) is 86.7 Å². The summed E-state index contributed by atoms with van der Waals surface area (Å²) < 4.78 is 0. The molecular formula is C8H20ClNO3. The van der Waals surface area contributed by atoms with Crippen molar-refractivity contribution in [2.75, 3.05) is 26.4 Å². The van der Waals surface area contributed by atoms with Gasteiger partial charge in [-0.15, -0.1) is 12.4 Å².